The molecule has 2 bridgehead atoms. The van der Waals surface area contributed by atoms with Crippen LogP contribution in [0.5, 0.6) is 0 Å². The van der Waals surface area contributed by atoms with Crippen LogP contribution in [0.25, 0.3) is 0 Å². The Labute approximate surface area is 115 Å². The van der Waals surface area contributed by atoms with Gasteiger partial charge in [0.2, 0.25) is 5.91 Å². The molecule has 3 rings (SSSR count). The van der Waals surface area contributed by atoms with Gasteiger partial charge in [-0.2, -0.15) is 0 Å². The van der Waals surface area contributed by atoms with Gasteiger partial charge in [0.15, 0.2) is 0 Å². The van der Waals surface area contributed by atoms with Crippen LogP contribution >= 0.6 is 0 Å². The lowest BCUT2D eigenvalue weighted by Crippen LogP contribution is -2.41. The third kappa shape index (κ3) is 2.19. The first-order valence-electron chi connectivity index (χ1n) is 6.70. The van der Waals surface area contributed by atoms with E-state index in [0.29, 0.717) is 13.1 Å². The number of aliphatic carboxylic acids is 1. The van der Waals surface area contributed by atoms with Crippen LogP contribution in [0.15, 0.2) is 24.5 Å². The first-order valence-corrected chi connectivity index (χ1v) is 6.70. The molecular formula is C13H16N4O3. The first kappa shape index (κ1) is 12.8. The van der Waals surface area contributed by atoms with Gasteiger partial charge in [-0.15, -0.1) is 5.10 Å². The lowest BCUT2D eigenvalue weighted by molar-refractivity contribution is -0.147. The van der Waals surface area contributed by atoms with Crippen LogP contribution in [0.3, 0.4) is 0 Å². The predicted octanol–water partition coefficient (Wildman–Crippen LogP) is -0.0828. The minimum Gasteiger partial charge on any atom is -0.481 e. The third-order valence-corrected chi connectivity index (χ3v) is 4.16. The number of aromatic nitrogens is 3. The monoisotopic (exact) mass is 276 g/mol. The zero-order chi connectivity index (χ0) is 14.1. The Morgan fingerprint density at radius 1 is 1.30 bits per heavy atom. The fraction of sp³-hybridized carbons (Fsp3) is 0.538. The average molecular weight is 276 g/mol. The molecular weight excluding hydrogens is 260 g/mol. The Balaban J connectivity index is 1.59. The highest BCUT2D eigenvalue weighted by atomic mass is 16.4. The van der Waals surface area contributed by atoms with Gasteiger partial charge in [-0.3, -0.25) is 14.3 Å². The molecule has 1 aromatic heterocycles. The third-order valence-electron chi connectivity index (χ3n) is 4.16. The molecule has 0 radical (unpaired) electrons. The Morgan fingerprint density at radius 3 is 2.70 bits per heavy atom. The maximum absolute atomic E-state index is 12.2. The topological polar surface area (TPSA) is 97.1 Å². The number of amides is 1. The molecule has 1 fully saturated rings. The standard InChI is InChI=1S/C13H16N4O3/c18-12(14-3-5-17-6-4-15-16-17)10-8-1-2-9(7-8)11(10)13(19)20/h1-2,4,6,8-11H,3,5,7H2,(H,14,18)(H,19,20)/t8?,9?,10-,11+/m0/s1. The van der Waals surface area contributed by atoms with Gasteiger partial charge in [0.05, 0.1) is 24.6 Å². The quantitative estimate of drug-likeness (QED) is 0.733. The van der Waals surface area contributed by atoms with Crippen molar-refractivity contribution in [2.75, 3.05) is 6.54 Å². The number of carbonyl (C=O) groups excluding carboxylic acids is 1. The molecule has 1 aromatic rings. The highest BCUT2D eigenvalue weighted by Gasteiger charge is 2.51. The summed E-state index contributed by atoms with van der Waals surface area (Å²) in [4.78, 5) is 23.6. The number of nitrogens with one attached hydrogen (secondary N) is 1. The zero-order valence-corrected chi connectivity index (χ0v) is 10.8. The maximum atomic E-state index is 12.2. The minimum atomic E-state index is -0.877. The summed E-state index contributed by atoms with van der Waals surface area (Å²) in [6.07, 6.45) is 7.97. The van der Waals surface area contributed by atoms with Crippen molar-refractivity contribution >= 4 is 11.9 Å². The molecule has 2 unspecified atom stereocenters. The summed E-state index contributed by atoms with van der Waals surface area (Å²) in [5.41, 5.74) is 0. The van der Waals surface area contributed by atoms with Gasteiger partial charge in [-0.25, -0.2) is 0 Å². The molecule has 0 aromatic carbocycles. The van der Waals surface area contributed by atoms with Gasteiger partial charge in [0, 0.05) is 12.7 Å². The molecule has 2 aliphatic rings. The highest BCUT2D eigenvalue weighted by molar-refractivity contribution is 5.86. The van der Waals surface area contributed by atoms with Crippen molar-refractivity contribution in [2.24, 2.45) is 23.7 Å². The fourth-order valence-electron chi connectivity index (χ4n) is 3.28. The van der Waals surface area contributed by atoms with E-state index in [2.05, 4.69) is 15.6 Å². The van der Waals surface area contributed by atoms with Crippen LogP contribution in [0.4, 0.5) is 0 Å². The summed E-state index contributed by atoms with van der Waals surface area (Å²) >= 11 is 0. The van der Waals surface area contributed by atoms with Crippen LogP contribution in [0, 0.1) is 23.7 Å². The van der Waals surface area contributed by atoms with Crippen molar-refractivity contribution in [2.45, 2.75) is 13.0 Å². The Kier molecular flexibility index (Phi) is 3.25. The van der Waals surface area contributed by atoms with E-state index in [9.17, 15) is 14.7 Å². The van der Waals surface area contributed by atoms with Crippen molar-refractivity contribution in [1.29, 1.82) is 0 Å². The number of hydrogen-bond donors (Lipinski definition) is 2. The number of rotatable bonds is 5. The average Bonchev–Trinajstić information content (AvgIpc) is 3.13. The van der Waals surface area contributed by atoms with E-state index < -0.39 is 17.8 Å². The number of hydrogen-bond acceptors (Lipinski definition) is 4. The second-order valence-electron chi connectivity index (χ2n) is 5.30. The molecule has 0 saturated heterocycles. The Bertz CT molecular complexity index is 540. The smallest absolute Gasteiger partial charge is 0.307 e. The molecule has 1 saturated carbocycles. The van der Waals surface area contributed by atoms with Crippen molar-refractivity contribution in [3.8, 4) is 0 Å². The van der Waals surface area contributed by atoms with Gasteiger partial charge < -0.3 is 10.4 Å². The van der Waals surface area contributed by atoms with E-state index in [1.165, 1.54) is 0 Å². The van der Waals surface area contributed by atoms with E-state index in [-0.39, 0.29) is 17.7 Å². The molecule has 0 aliphatic heterocycles. The molecule has 2 aliphatic carbocycles. The lowest BCUT2D eigenvalue weighted by Gasteiger charge is -2.23. The molecule has 2 N–H and O–H groups in total. The van der Waals surface area contributed by atoms with Crippen LogP contribution in [-0.4, -0.2) is 38.5 Å². The summed E-state index contributed by atoms with van der Waals surface area (Å²) in [5.74, 6) is -2.02. The number of carbonyl (C=O) groups is 2. The second kappa shape index (κ2) is 5.07. The van der Waals surface area contributed by atoms with E-state index >= 15 is 0 Å². The van der Waals surface area contributed by atoms with E-state index in [1.807, 2.05) is 12.2 Å². The van der Waals surface area contributed by atoms with Crippen LogP contribution < -0.4 is 5.32 Å². The predicted molar refractivity (Wildman–Crippen MR) is 68.4 cm³/mol. The van der Waals surface area contributed by atoms with Gasteiger partial charge in [-0.05, 0) is 18.3 Å². The van der Waals surface area contributed by atoms with E-state index in [4.69, 9.17) is 0 Å². The highest BCUT2D eigenvalue weighted by Crippen LogP contribution is 2.48. The molecule has 1 amide bonds. The largest absolute Gasteiger partial charge is 0.481 e. The molecule has 7 heteroatoms. The molecule has 1 heterocycles. The second-order valence-corrected chi connectivity index (χ2v) is 5.30. The number of carboxylic acids is 1. The molecule has 7 nitrogen and oxygen atoms in total. The van der Waals surface area contributed by atoms with Gasteiger partial charge in [-0.1, -0.05) is 17.4 Å². The summed E-state index contributed by atoms with van der Waals surface area (Å²) in [5, 5.41) is 19.6. The van der Waals surface area contributed by atoms with Crippen LogP contribution in [0.1, 0.15) is 6.42 Å². The van der Waals surface area contributed by atoms with Gasteiger partial charge in [0.1, 0.15) is 0 Å². The Hall–Kier alpha value is -2.18. The minimum absolute atomic E-state index is 0.00330. The van der Waals surface area contributed by atoms with Gasteiger partial charge in [0.25, 0.3) is 0 Å². The SMILES string of the molecule is O=C(O)[C@@H]1C2C=CC(C2)[C@@H]1C(=O)NCCn1ccnn1. The molecule has 106 valence electrons. The van der Waals surface area contributed by atoms with E-state index in [1.54, 1.807) is 17.1 Å². The summed E-state index contributed by atoms with van der Waals surface area (Å²) in [6, 6.07) is 0. The lowest BCUT2D eigenvalue weighted by atomic mass is 9.82. The van der Waals surface area contributed by atoms with Crippen molar-refractivity contribution < 1.29 is 14.7 Å². The molecule has 4 atom stereocenters. The van der Waals surface area contributed by atoms with Crippen molar-refractivity contribution in [3.05, 3.63) is 24.5 Å². The van der Waals surface area contributed by atoms with Gasteiger partial charge >= 0.3 is 5.97 Å². The van der Waals surface area contributed by atoms with Crippen molar-refractivity contribution in [1.82, 2.24) is 20.3 Å². The molecule has 20 heavy (non-hydrogen) atoms. The van der Waals surface area contributed by atoms with Crippen molar-refractivity contribution in [3.63, 3.8) is 0 Å². The Morgan fingerprint density at radius 2 is 2.05 bits per heavy atom. The first-order chi connectivity index (χ1) is 9.66. The maximum Gasteiger partial charge on any atom is 0.307 e. The normalized spacial score (nSPS) is 30.6. The zero-order valence-electron chi connectivity index (χ0n) is 10.8. The number of fused-ring (bicyclic) bond motifs is 2. The summed E-state index contributed by atoms with van der Waals surface area (Å²) in [6.45, 7) is 0.951. The number of nitrogens with zero attached hydrogens (tertiary/aromatic N) is 3. The number of carboxylic acid groups (broad SMARTS) is 1. The summed E-state index contributed by atoms with van der Waals surface area (Å²) < 4.78 is 1.62. The van der Waals surface area contributed by atoms with E-state index in [0.717, 1.165) is 6.42 Å². The fourth-order valence-corrected chi connectivity index (χ4v) is 3.28. The molecule has 0 spiro atoms. The van der Waals surface area contributed by atoms with Crippen LogP contribution in [0.2, 0.25) is 0 Å². The summed E-state index contributed by atoms with van der Waals surface area (Å²) in [7, 11) is 0. The van der Waals surface area contributed by atoms with Crippen LogP contribution in [-0.2, 0) is 16.1 Å². The number of allylic oxidation sites excluding steroid dienone is 2.